The molecule has 1 heterocycles. The van der Waals surface area contributed by atoms with Crippen LogP contribution in [0.15, 0.2) is 18.2 Å². The molecule has 1 N–H and O–H groups in total. The van der Waals surface area contributed by atoms with E-state index in [0.717, 1.165) is 12.8 Å². The molecule has 7 heteroatoms. The summed E-state index contributed by atoms with van der Waals surface area (Å²) in [7, 11) is 1.60. The van der Waals surface area contributed by atoms with Gasteiger partial charge in [-0.1, -0.05) is 0 Å². The molecule has 1 aliphatic carbocycles. The molecule has 1 atom stereocenters. The summed E-state index contributed by atoms with van der Waals surface area (Å²) in [5.74, 6) is -0.401. The van der Waals surface area contributed by atoms with Crippen LogP contribution in [0.1, 0.15) is 40.5 Å². The van der Waals surface area contributed by atoms with E-state index in [1.54, 1.807) is 32.2 Å². The van der Waals surface area contributed by atoms with Crippen molar-refractivity contribution in [3.63, 3.8) is 0 Å². The summed E-state index contributed by atoms with van der Waals surface area (Å²) >= 11 is 0. The van der Waals surface area contributed by atoms with Gasteiger partial charge in [-0.3, -0.25) is 14.5 Å². The summed E-state index contributed by atoms with van der Waals surface area (Å²) in [6.45, 7) is 2.51. The number of nitrogens with one attached hydrogen (secondary N) is 1. The standard InChI is InChI=1S/C18H20N4O3/c1-11(8-19)9-21(2)18(25)20-13-5-6-14-15(7-13)17(24)22(16(14)23)10-12-3-4-12/h5-7,11-12H,3-4,9-10H2,1-2H3,(H,20,25)/t11-/m0/s1. The van der Waals surface area contributed by atoms with Gasteiger partial charge in [0.15, 0.2) is 0 Å². The zero-order chi connectivity index (χ0) is 18.1. The first-order valence-corrected chi connectivity index (χ1v) is 8.32. The van der Waals surface area contributed by atoms with E-state index < -0.39 is 0 Å². The number of hydrogen-bond acceptors (Lipinski definition) is 4. The zero-order valence-corrected chi connectivity index (χ0v) is 14.3. The first-order valence-electron chi connectivity index (χ1n) is 8.32. The lowest BCUT2D eigenvalue weighted by Crippen LogP contribution is -2.34. The maximum atomic E-state index is 12.5. The number of urea groups is 1. The normalized spacial score (nSPS) is 17.1. The van der Waals surface area contributed by atoms with Crippen molar-refractivity contribution in [2.45, 2.75) is 19.8 Å². The highest BCUT2D eigenvalue weighted by atomic mass is 16.2. The summed E-state index contributed by atoms with van der Waals surface area (Å²) in [4.78, 5) is 39.7. The highest BCUT2D eigenvalue weighted by molar-refractivity contribution is 6.21. The molecule has 1 fully saturated rings. The summed E-state index contributed by atoms with van der Waals surface area (Å²) in [6, 6.07) is 6.45. The Hall–Kier alpha value is -2.88. The fourth-order valence-electron chi connectivity index (χ4n) is 2.85. The summed E-state index contributed by atoms with van der Waals surface area (Å²) in [5, 5.41) is 11.5. The lowest BCUT2D eigenvalue weighted by Gasteiger charge is -2.19. The third-order valence-corrected chi connectivity index (χ3v) is 4.47. The average Bonchev–Trinajstić information content (AvgIpc) is 3.38. The fourth-order valence-corrected chi connectivity index (χ4v) is 2.85. The summed E-state index contributed by atoms with van der Waals surface area (Å²) in [5.41, 5.74) is 1.17. The van der Waals surface area contributed by atoms with Gasteiger partial charge in [0, 0.05) is 25.8 Å². The van der Waals surface area contributed by atoms with Gasteiger partial charge in [0.2, 0.25) is 0 Å². The van der Waals surface area contributed by atoms with Crippen LogP contribution in [-0.4, -0.2) is 47.8 Å². The monoisotopic (exact) mass is 340 g/mol. The van der Waals surface area contributed by atoms with Crippen molar-refractivity contribution in [1.29, 1.82) is 5.26 Å². The molecule has 0 saturated heterocycles. The molecule has 2 aliphatic rings. The van der Waals surface area contributed by atoms with E-state index >= 15 is 0 Å². The van der Waals surface area contributed by atoms with E-state index in [1.807, 2.05) is 0 Å². The Balaban J connectivity index is 1.71. The van der Waals surface area contributed by atoms with Crippen molar-refractivity contribution in [1.82, 2.24) is 9.80 Å². The second-order valence-corrected chi connectivity index (χ2v) is 6.77. The topological polar surface area (TPSA) is 93.5 Å². The first-order chi connectivity index (χ1) is 11.9. The number of carbonyl (C=O) groups excluding carboxylic acids is 3. The van der Waals surface area contributed by atoms with Crippen LogP contribution in [0.4, 0.5) is 10.5 Å². The highest BCUT2D eigenvalue weighted by Crippen LogP contribution is 2.33. The molecule has 1 aromatic rings. The quantitative estimate of drug-likeness (QED) is 0.832. The van der Waals surface area contributed by atoms with Gasteiger partial charge in [-0.15, -0.1) is 0 Å². The number of amides is 4. The molecule has 4 amide bonds. The van der Waals surface area contributed by atoms with Crippen LogP contribution in [0.5, 0.6) is 0 Å². The van der Waals surface area contributed by atoms with E-state index in [9.17, 15) is 14.4 Å². The minimum absolute atomic E-state index is 0.260. The van der Waals surface area contributed by atoms with Crippen molar-refractivity contribution in [3.05, 3.63) is 29.3 Å². The Morgan fingerprint density at radius 2 is 2.04 bits per heavy atom. The second-order valence-electron chi connectivity index (χ2n) is 6.77. The lowest BCUT2D eigenvalue weighted by molar-refractivity contribution is 0.0647. The molecular weight excluding hydrogens is 320 g/mol. The zero-order valence-electron chi connectivity index (χ0n) is 14.3. The Bertz CT molecular complexity index is 779. The minimum atomic E-state index is -0.367. The molecule has 1 aromatic carbocycles. The summed E-state index contributed by atoms with van der Waals surface area (Å²) in [6.07, 6.45) is 2.12. The number of anilines is 1. The Morgan fingerprint density at radius 1 is 1.36 bits per heavy atom. The number of fused-ring (bicyclic) bond motifs is 1. The Labute approximate surface area is 146 Å². The maximum Gasteiger partial charge on any atom is 0.321 e. The first kappa shape index (κ1) is 17.0. The third-order valence-electron chi connectivity index (χ3n) is 4.47. The fraction of sp³-hybridized carbons (Fsp3) is 0.444. The SMILES string of the molecule is C[C@@H](C#N)CN(C)C(=O)Nc1ccc2c(c1)C(=O)N(CC1CC1)C2=O. The van der Waals surface area contributed by atoms with Gasteiger partial charge in [0.25, 0.3) is 11.8 Å². The molecule has 1 saturated carbocycles. The van der Waals surface area contributed by atoms with Crippen LogP contribution >= 0.6 is 0 Å². The number of nitrogens with zero attached hydrogens (tertiary/aromatic N) is 3. The molecule has 3 rings (SSSR count). The third kappa shape index (κ3) is 3.48. The van der Waals surface area contributed by atoms with Gasteiger partial charge >= 0.3 is 6.03 Å². The maximum absolute atomic E-state index is 12.5. The van der Waals surface area contributed by atoms with Crippen LogP contribution < -0.4 is 5.32 Å². The van der Waals surface area contributed by atoms with Crippen molar-refractivity contribution in [3.8, 4) is 6.07 Å². The number of carbonyl (C=O) groups is 3. The minimum Gasteiger partial charge on any atom is -0.326 e. The molecule has 0 bridgehead atoms. The largest absolute Gasteiger partial charge is 0.326 e. The second kappa shape index (κ2) is 6.55. The van der Waals surface area contributed by atoms with E-state index in [4.69, 9.17) is 5.26 Å². The van der Waals surface area contributed by atoms with Crippen molar-refractivity contribution in [2.24, 2.45) is 11.8 Å². The summed E-state index contributed by atoms with van der Waals surface area (Å²) < 4.78 is 0. The average molecular weight is 340 g/mol. The van der Waals surface area contributed by atoms with Gasteiger partial charge < -0.3 is 10.2 Å². The molecule has 7 nitrogen and oxygen atoms in total. The van der Waals surface area contributed by atoms with E-state index in [1.165, 1.54) is 9.80 Å². The van der Waals surface area contributed by atoms with E-state index in [2.05, 4.69) is 11.4 Å². The van der Waals surface area contributed by atoms with Gasteiger partial charge in [-0.05, 0) is 43.9 Å². The van der Waals surface area contributed by atoms with Crippen LogP contribution in [0.25, 0.3) is 0 Å². The van der Waals surface area contributed by atoms with Crippen LogP contribution in [0.3, 0.4) is 0 Å². The molecule has 1 aliphatic heterocycles. The molecule has 0 unspecified atom stereocenters. The highest BCUT2D eigenvalue weighted by Gasteiger charge is 2.38. The number of rotatable bonds is 5. The predicted octanol–water partition coefficient (Wildman–Crippen LogP) is 2.32. The predicted molar refractivity (Wildman–Crippen MR) is 91.0 cm³/mol. The number of nitriles is 1. The van der Waals surface area contributed by atoms with Crippen molar-refractivity contribution in [2.75, 3.05) is 25.5 Å². The lowest BCUT2D eigenvalue weighted by atomic mass is 10.1. The van der Waals surface area contributed by atoms with Crippen molar-refractivity contribution < 1.29 is 14.4 Å². The van der Waals surface area contributed by atoms with E-state index in [-0.39, 0.29) is 23.8 Å². The molecule has 25 heavy (non-hydrogen) atoms. The number of imide groups is 1. The van der Waals surface area contributed by atoms with Gasteiger partial charge in [0.1, 0.15) is 0 Å². The number of benzene rings is 1. The van der Waals surface area contributed by atoms with Crippen LogP contribution in [0, 0.1) is 23.2 Å². The molecule has 130 valence electrons. The Kier molecular flexibility index (Phi) is 4.45. The molecule has 0 radical (unpaired) electrons. The van der Waals surface area contributed by atoms with Crippen LogP contribution in [-0.2, 0) is 0 Å². The smallest absolute Gasteiger partial charge is 0.321 e. The van der Waals surface area contributed by atoms with Gasteiger partial charge in [0.05, 0.1) is 23.1 Å². The number of hydrogen-bond donors (Lipinski definition) is 1. The molecule has 0 aromatic heterocycles. The molecular formula is C18H20N4O3. The van der Waals surface area contributed by atoms with Crippen molar-refractivity contribution >= 4 is 23.5 Å². The van der Waals surface area contributed by atoms with Crippen LogP contribution in [0.2, 0.25) is 0 Å². The Morgan fingerprint density at radius 3 is 2.68 bits per heavy atom. The van der Waals surface area contributed by atoms with Gasteiger partial charge in [-0.25, -0.2) is 4.79 Å². The van der Waals surface area contributed by atoms with E-state index in [0.29, 0.717) is 35.8 Å². The van der Waals surface area contributed by atoms with Gasteiger partial charge in [-0.2, -0.15) is 5.26 Å². The molecule has 0 spiro atoms.